The van der Waals surface area contributed by atoms with Gasteiger partial charge in [-0.25, -0.2) is 0 Å². The van der Waals surface area contributed by atoms with E-state index in [9.17, 15) is 9.59 Å². The summed E-state index contributed by atoms with van der Waals surface area (Å²) in [4.78, 5) is 25.0. The summed E-state index contributed by atoms with van der Waals surface area (Å²) in [5.41, 5.74) is 1.70. The molecule has 6 nitrogen and oxygen atoms in total. The van der Waals surface area contributed by atoms with E-state index in [1.807, 2.05) is 19.9 Å². The SMILES string of the molecule is CC(C)c1cc(C(=O)N(CC(=O)O)c2ccccc2)nn1C. The third-order valence-corrected chi connectivity index (χ3v) is 3.33. The van der Waals surface area contributed by atoms with Crippen molar-refractivity contribution in [3.63, 3.8) is 0 Å². The Balaban J connectivity index is 2.37. The normalized spacial score (nSPS) is 10.7. The number of aliphatic carboxylic acids is 1. The molecule has 1 heterocycles. The van der Waals surface area contributed by atoms with E-state index in [0.717, 1.165) is 5.69 Å². The molecule has 0 aliphatic rings. The molecule has 0 saturated heterocycles. The van der Waals surface area contributed by atoms with Gasteiger partial charge in [-0.15, -0.1) is 0 Å². The first-order valence-corrected chi connectivity index (χ1v) is 7.02. The lowest BCUT2D eigenvalue weighted by Crippen LogP contribution is -2.36. The first-order valence-electron chi connectivity index (χ1n) is 7.02. The summed E-state index contributed by atoms with van der Waals surface area (Å²) in [5.74, 6) is -1.27. The molecule has 0 spiro atoms. The Morgan fingerprint density at radius 2 is 1.91 bits per heavy atom. The van der Waals surface area contributed by atoms with E-state index in [-0.39, 0.29) is 11.6 Å². The molecule has 1 N–H and O–H groups in total. The molecule has 1 amide bonds. The summed E-state index contributed by atoms with van der Waals surface area (Å²) in [6.07, 6.45) is 0. The Labute approximate surface area is 129 Å². The number of anilines is 1. The number of carbonyl (C=O) groups is 2. The summed E-state index contributed by atoms with van der Waals surface area (Å²) in [7, 11) is 1.77. The topological polar surface area (TPSA) is 75.4 Å². The number of para-hydroxylation sites is 1. The molecular formula is C16H19N3O3. The van der Waals surface area contributed by atoms with Crippen molar-refractivity contribution in [2.75, 3.05) is 11.4 Å². The van der Waals surface area contributed by atoms with Crippen LogP contribution in [0, 0.1) is 0 Å². The predicted octanol–water partition coefficient (Wildman–Crippen LogP) is 2.27. The largest absolute Gasteiger partial charge is 0.480 e. The summed E-state index contributed by atoms with van der Waals surface area (Å²) in [6.45, 7) is 3.62. The number of aromatic nitrogens is 2. The van der Waals surface area contributed by atoms with Gasteiger partial charge in [-0.2, -0.15) is 5.10 Å². The van der Waals surface area contributed by atoms with Gasteiger partial charge in [0.15, 0.2) is 5.69 Å². The molecule has 116 valence electrons. The van der Waals surface area contributed by atoms with Crippen LogP contribution in [0.4, 0.5) is 5.69 Å². The third kappa shape index (κ3) is 3.33. The maximum absolute atomic E-state index is 12.7. The number of hydrogen-bond donors (Lipinski definition) is 1. The molecule has 0 radical (unpaired) electrons. The minimum absolute atomic E-state index is 0.226. The molecule has 0 bridgehead atoms. The van der Waals surface area contributed by atoms with Gasteiger partial charge in [0, 0.05) is 18.4 Å². The van der Waals surface area contributed by atoms with Crippen LogP contribution in [0.5, 0.6) is 0 Å². The van der Waals surface area contributed by atoms with Crippen LogP contribution in [-0.2, 0) is 11.8 Å². The molecule has 0 unspecified atom stereocenters. The number of nitrogens with zero attached hydrogens (tertiary/aromatic N) is 3. The Morgan fingerprint density at radius 1 is 1.27 bits per heavy atom. The number of aryl methyl sites for hydroxylation is 1. The van der Waals surface area contributed by atoms with Gasteiger partial charge >= 0.3 is 5.97 Å². The van der Waals surface area contributed by atoms with Crippen LogP contribution in [0.15, 0.2) is 36.4 Å². The van der Waals surface area contributed by atoms with Crippen molar-refractivity contribution in [2.24, 2.45) is 7.05 Å². The highest BCUT2D eigenvalue weighted by molar-refractivity contribution is 6.07. The first kappa shape index (κ1) is 15.8. The van der Waals surface area contributed by atoms with Gasteiger partial charge in [0.1, 0.15) is 6.54 Å². The van der Waals surface area contributed by atoms with Gasteiger partial charge in [-0.3, -0.25) is 19.2 Å². The summed E-state index contributed by atoms with van der Waals surface area (Å²) < 4.78 is 1.65. The van der Waals surface area contributed by atoms with Crippen LogP contribution >= 0.6 is 0 Å². The van der Waals surface area contributed by atoms with Gasteiger partial charge in [0.25, 0.3) is 5.91 Å². The van der Waals surface area contributed by atoms with Crippen molar-refractivity contribution >= 4 is 17.6 Å². The monoisotopic (exact) mass is 301 g/mol. The second-order valence-corrected chi connectivity index (χ2v) is 5.35. The molecule has 22 heavy (non-hydrogen) atoms. The van der Waals surface area contributed by atoms with E-state index in [4.69, 9.17) is 5.11 Å². The van der Waals surface area contributed by atoms with Crippen molar-refractivity contribution in [2.45, 2.75) is 19.8 Å². The lowest BCUT2D eigenvalue weighted by Gasteiger charge is -2.19. The van der Waals surface area contributed by atoms with E-state index in [1.165, 1.54) is 4.90 Å². The minimum Gasteiger partial charge on any atom is -0.480 e. The molecule has 1 aromatic heterocycles. The molecule has 0 atom stereocenters. The zero-order valence-corrected chi connectivity index (χ0v) is 12.9. The van der Waals surface area contributed by atoms with Gasteiger partial charge in [0.2, 0.25) is 0 Å². The maximum atomic E-state index is 12.7. The lowest BCUT2D eigenvalue weighted by molar-refractivity contribution is -0.135. The molecule has 0 aliphatic heterocycles. The van der Waals surface area contributed by atoms with E-state index in [0.29, 0.717) is 5.69 Å². The Morgan fingerprint density at radius 3 is 2.41 bits per heavy atom. The second-order valence-electron chi connectivity index (χ2n) is 5.35. The Bertz CT molecular complexity index is 677. The van der Waals surface area contributed by atoms with Gasteiger partial charge in [0.05, 0.1) is 0 Å². The highest BCUT2D eigenvalue weighted by atomic mass is 16.4. The van der Waals surface area contributed by atoms with E-state index < -0.39 is 18.4 Å². The van der Waals surface area contributed by atoms with E-state index in [2.05, 4.69) is 5.10 Å². The molecule has 2 aromatic rings. The molecule has 0 saturated carbocycles. The van der Waals surface area contributed by atoms with E-state index in [1.54, 1.807) is 42.1 Å². The van der Waals surface area contributed by atoms with Gasteiger partial charge in [-0.05, 0) is 24.1 Å². The Kier molecular flexibility index (Phi) is 4.60. The zero-order valence-electron chi connectivity index (χ0n) is 12.9. The molecular weight excluding hydrogens is 282 g/mol. The van der Waals surface area contributed by atoms with Crippen LogP contribution in [0.3, 0.4) is 0 Å². The fourth-order valence-corrected chi connectivity index (χ4v) is 2.29. The smallest absolute Gasteiger partial charge is 0.323 e. The van der Waals surface area contributed by atoms with Crippen molar-refractivity contribution in [3.8, 4) is 0 Å². The summed E-state index contributed by atoms with van der Waals surface area (Å²) in [5, 5.41) is 13.3. The fraction of sp³-hybridized carbons (Fsp3) is 0.312. The van der Waals surface area contributed by atoms with Gasteiger partial charge in [-0.1, -0.05) is 32.0 Å². The minimum atomic E-state index is -1.07. The average molecular weight is 301 g/mol. The van der Waals surface area contributed by atoms with Crippen LogP contribution in [0.1, 0.15) is 35.9 Å². The highest BCUT2D eigenvalue weighted by Crippen LogP contribution is 2.19. The summed E-state index contributed by atoms with van der Waals surface area (Å²) >= 11 is 0. The third-order valence-electron chi connectivity index (χ3n) is 3.33. The number of amides is 1. The predicted molar refractivity (Wildman–Crippen MR) is 83.1 cm³/mol. The quantitative estimate of drug-likeness (QED) is 0.919. The van der Waals surface area contributed by atoms with Crippen LogP contribution in [0.25, 0.3) is 0 Å². The second kappa shape index (κ2) is 6.43. The number of rotatable bonds is 5. The molecule has 0 aliphatic carbocycles. The van der Waals surface area contributed by atoms with Gasteiger partial charge < -0.3 is 5.11 Å². The summed E-state index contributed by atoms with van der Waals surface area (Å²) in [6, 6.07) is 10.4. The number of benzene rings is 1. The van der Waals surface area contributed by atoms with Crippen LogP contribution in [0.2, 0.25) is 0 Å². The zero-order chi connectivity index (χ0) is 16.3. The number of carboxylic acids is 1. The van der Waals surface area contributed by atoms with Crippen molar-refractivity contribution in [1.29, 1.82) is 0 Å². The fourth-order valence-electron chi connectivity index (χ4n) is 2.29. The van der Waals surface area contributed by atoms with E-state index >= 15 is 0 Å². The number of carbonyl (C=O) groups excluding carboxylic acids is 1. The van der Waals surface area contributed by atoms with Crippen molar-refractivity contribution in [1.82, 2.24) is 9.78 Å². The first-order chi connectivity index (χ1) is 10.4. The maximum Gasteiger partial charge on any atom is 0.323 e. The standard InChI is InChI=1S/C16H19N3O3/c1-11(2)14-9-13(17-18(14)3)16(22)19(10-15(20)21)12-7-5-4-6-8-12/h4-9,11H,10H2,1-3H3,(H,20,21). The van der Waals surface area contributed by atoms with Crippen LogP contribution in [-0.4, -0.2) is 33.3 Å². The molecule has 2 rings (SSSR count). The highest BCUT2D eigenvalue weighted by Gasteiger charge is 2.23. The van der Waals surface area contributed by atoms with Crippen LogP contribution < -0.4 is 4.90 Å². The molecule has 0 fully saturated rings. The molecule has 6 heteroatoms. The number of hydrogen-bond acceptors (Lipinski definition) is 3. The Hall–Kier alpha value is -2.63. The van der Waals surface area contributed by atoms with Crippen molar-refractivity contribution in [3.05, 3.63) is 47.8 Å². The average Bonchev–Trinajstić information content (AvgIpc) is 2.87. The van der Waals surface area contributed by atoms with Crippen molar-refractivity contribution < 1.29 is 14.7 Å². The lowest BCUT2D eigenvalue weighted by atomic mass is 10.1. The molecule has 1 aromatic carbocycles. The number of carboxylic acid groups (broad SMARTS) is 1.